The molecule has 2 saturated carbocycles. The van der Waals surface area contributed by atoms with E-state index in [1.165, 1.54) is 11.3 Å². The van der Waals surface area contributed by atoms with Gasteiger partial charge in [-0.1, -0.05) is 19.1 Å². The number of carbonyl (C=O) groups is 2. The molecule has 130 valence electrons. The summed E-state index contributed by atoms with van der Waals surface area (Å²) in [7, 11) is 1.76. The molecule has 0 aromatic heterocycles. The minimum absolute atomic E-state index is 0.0520. The van der Waals surface area contributed by atoms with Gasteiger partial charge in [0.25, 0.3) is 0 Å². The third-order valence-electron chi connectivity index (χ3n) is 6.07. The molecule has 2 bridgehead atoms. The second-order valence-corrected chi connectivity index (χ2v) is 7.64. The summed E-state index contributed by atoms with van der Waals surface area (Å²) >= 11 is 0. The number of carbonyl (C=O) groups excluding carboxylic acids is 2. The summed E-state index contributed by atoms with van der Waals surface area (Å²) in [6.07, 6.45) is 7.20. The first-order valence-electron chi connectivity index (χ1n) is 9.11. The van der Waals surface area contributed by atoms with Crippen LogP contribution in [-0.4, -0.2) is 48.9 Å². The summed E-state index contributed by atoms with van der Waals surface area (Å²) < 4.78 is 0. The van der Waals surface area contributed by atoms with Gasteiger partial charge in [-0.25, -0.2) is 0 Å². The van der Waals surface area contributed by atoms with Crippen molar-refractivity contribution in [2.75, 3.05) is 20.1 Å². The zero-order chi connectivity index (χ0) is 16.8. The second-order valence-electron chi connectivity index (χ2n) is 7.64. The summed E-state index contributed by atoms with van der Waals surface area (Å²) in [6.45, 7) is 3.43. The van der Waals surface area contributed by atoms with Gasteiger partial charge in [0.2, 0.25) is 11.8 Å². The Morgan fingerprint density at radius 2 is 1.83 bits per heavy atom. The zero-order valence-electron chi connectivity index (χ0n) is 14.4. The Labute approximate surface area is 142 Å². The van der Waals surface area contributed by atoms with Gasteiger partial charge < -0.3 is 10.6 Å². The topological polar surface area (TPSA) is 73.8 Å². The lowest BCUT2D eigenvalue weighted by Gasteiger charge is -2.18. The van der Waals surface area contributed by atoms with Crippen LogP contribution in [0, 0.1) is 29.6 Å². The van der Waals surface area contributed by atoms with Gasteiger partial charge >= 0.3 is 0 Å². The number of aliphatic imine (C=N–C) groups is 1. The Hall–Kier alpha value is -1.85. The van der Waals surface area contributed by atoms with Crippen molar-refractivity contribution in [1.29, 1.82) is 0 Å². The molecule has 1 aliphatic heterocycles. The molecule has 4 rings (SSSR count). The van der Waals surface area contributed by atoms with Crippen molar-refractivity contribution in [3.05, 3.63) is 12.2 Å². The number of guanidine groups is 1. The fraction of sp³-hybridized carbons (Fsp3) is 0.722. The monoisotopic (exact) mass is 330 g/mol. The van der Waals surface area contributed by atoms with Crippen molar-refractivity contribution in [2.24, 2.45) is 34.6 Å². The number of imide groups is 1. The van der Waals surface area contributed by atoms with E-state index in [1.807, 2.05) is 0 Å². The fourth-order valence-electron chi connectivity index (χ4n) is 4.52. The van der Waals surface area contributed by atoms with Gasteiger partial charge in [-0.3, -0.25) is 19.5 Å². The van der Waals surface area contributed by atoms with Gasteiger partial charge in [-0.15, -0.1) is 0 Å². The predicted octanol–water partition coefficient (Wildman–Crippen LogP) is 0.757. The van der Waals surface area contributed by atoms with Gasteiger partial charge in [0, 0.05) is 26.2 Å². The van der Waals surface area contributed by atoms with Crippen molar-refractivity contribution >= 4 is 17.8 Å². The fourth-order valence-corrected chi connectivity index (χ4v) is 4.52. The lowest BCUT2D eigenvalue weighted by molar-refractivity contribution is -0.140. The summed E-state index contributed by atoms with van der Waals surface area (Å²) in [5.41, 5.74) is 0. The highest BCUT2D eigenvalue weighted by atomic mass is 16.2. The van der Waals surface area contributed by atoms with E-state index >= 15 is 0 Å². The lowest BCUT2D eigenvalue weighted by atomic mass is 9.85. The maximum absolute atomic E-state index is 12.6. The maximum Gasteiger partial charge on any atom is 0.233 e. The van der Waals surface area contributed by atoms with Crippen molar-refractivity contribution in [3.63, 3.8) is 0 Å². The molecule has 2 amide bonds. The van der Waals surface area contributed by atoms with Crippen molar-refractivity contribution in [2.45, 2.75) is 32.2 Å². The Kier molecular flexibility index (Phi) is 3.85. The number of nitrogens with zero attached hydrogens (tertiary/aromatic N) is 2. The number of rotatable bonds is 5. The van der Waals surface area contributed by atoms with Crippen LogP contribution in [0.1, 0.15) is 26.2 Å². The molecule has 6 heteroatoms. The van der Waals surface area contributed by atoms with Crippen LogP contribution in [0.25, 0.3) is 0 Å². The number of amides is 2. The van der Waals surface area contributed by atoms with Crippen LogP contribution in [0.4, 0.5) is 0 Å². The van der Waals surface area contributed by atoms with E-state index in [0.717, 1.165) is 18.8 Å². The van der Waals surface area contributed by atoms with Crippen LogP contribution in [0.2, 0.25) is 0 Å². The van der Waals surface area contributed by atoms with Crippen LogP contribution < -0.4 is 10.6 Å². The van der Waals surface area contributed by atoms with E-state index in [1.54, 1.807) is 7.05 Å². The Balaban J connectivity index is 1.25. The quantitative estimate of drug-likeness (QED) is 0.257. The Morgan fingerprint density at radius 3 is 2.38 bits per heavy atom. The number of hydrogen-bond donors (Lipinski definition) is 2. The van der Waals surface area contributed by atoms with E-state index in [9.17, 15) is 9.59 Å². The van der Waals surface area contributed by atoms with Crippen LogP contribution in [0.15, 0.2) is 17.1 Å². The minimum atomic E-state index is -0.0776. The Bertz CT molecular complexity index is 584. The maximum atomic E-state index is 12.6. The molecular formula is C18H26N4O2. The van der Waals surface area contributed by atoms with E-state index in [0.29, 0.717) is 36.9 Å². The SMILES string of the molecule is CN=C(NCCCN1C(=O)C2C3C=CC(C3)C2C1=O)NC1CC1C. The molecule has 6 atom stereocenters. The predicted molar refractivity (Wildman–Crippen MR) is 91.1 cm³/mol. The third kappa shape index (κ3) is 2.52. The molecule has 0 aromatic rings. The molecule has 4 aliphatic rings. The van der Waals surface area contributed by atoms with Gasteiger partial charge in [0.1, 0.15) is 0 Å². The summed E-state index contributed by atoms with van der Waals surface area (Å²) in [4.78, 5) is 30.9. The molecule has 1 saturated heterocycles. The van der Waals surface area contributed by atoms with Crippen molar-refractivity contribution in [1.82, 2.24) is 15.5 Å². The van der Waals surface area contributed by atoms with Gasteiger partial charge in [-0.05, 0) is 37.0 Å². The molecule has 1 heterocycles. The van der Waals surface area contributed by atoms with Crippen LogP contribution in [0.5, 0.6) is 0 Å². The second kappa shape index (κ2) is 5.90. The molecule has 24 heavy (non-hydrogen) atoms. The van der Waals surface area contributed by atoms with E-state index in [4.69, 9.17) is 0 Å². The highest BCUT2D eigenvalue weighted by molar-refractivity contribution is 6.06. The van der Waals surface area contributed by atoms with E-state index in [2.05, 4.69) is 34.7 Å². The van der Waals surface area contributed by atoms with Gasteiger partial charge in [0.15, 0.2) is 5.96 Å². The first kappa shape index (κ1) is 15.7. The summed E-state index contributed by atoms with van der Waals surface area (Å²) in [6, 6.07) is 0.528. The average molecular weight is 330 g/mol. The average Bonchev–Trinajstić information content (AvgIpc) is 2.95. The van der Waals surface area contributed by atoms with E-state index < -0.39 is 0 Å². The van der Waals surface area contributed by atoms with Crippen molar-refractivity contribution in [3.8, 4) is 0 Å². The molecule has 0 aromatic carbocycles. The number of nitrogens with one attached hydrogen (secondary N) is 2. The highest BCUT2D eigenvalue weighted by Gasteiger charge is 2.58. The molecular weight excluding hydrogens is 304 g/mol. The van der Waals surface area contributed by atoms with Gasteiger partial charge in [-0.2, -0.15) is 0 Å². The number of hydrogen-bond acceptors (Lipinski definition) is 3. The standard InChI is InChI=1S/C18H26N4O2/c1-10-8-13(10)21-18(19-2)20-6-3-7-22-16(23)14-11-4-5-12(9-11)15(14)17(22)24/h4-5,10-15H,3,6-9H2,1-2H3,(H2,19,20,21). The molecule has 6 nitrogen and oxygen atoms in total. The molecule has 0 spiro atoms. The number of allylic oxidation sites excluding steroid dienone is 2. The lowest BCUT2D eigenvalue weighted by Crippen LogP contribution is -2.41. The largest absolute Gasteiger partial charge is 0.356 e. The molecule has 3 aliphatic carbocycles. The molecule has 2 N–H and O–H groups in total. The third-order valence-corrected chi connectivity index (χ3v) is 6.07. The minimum Gasteiger partial charge on any atom is -0.356 e. The number of fused-ring (bicyclic) bond motifs is 5. The highest BCUT2D eigenvalue weighted by Crippen LogP contribution is 2.52. The number of likely N-dealkylation sites (tertiary alicyclic amines) is 1. The first-order chi connectivity index (χ1) is 11.6. The summed E-state index contributed by atoms with van der Waals surface area (Å²) in [5, 5.41) is 6.64. The van der Waals surface area contributed by atoms with Crippen LogP contribution >= 0.6 is 0 Å². The smallest absolute Gasteiger partial charge is 0.233 e. The summed E-state index contributed by atoms with van der Waals surface area (Å²) in [5.74, 6) is 2.06. The first-order valence-corrected chi connectivity index (χ1v) is 9.11. The zero-order valence-corrected chi connectivity index (χ0v) is 14.4. The molecule has 0 radical (unpaired) electrons. The Morgan fingerprint density at radius 1 is 1.21 bits per heavy atom. The van der Waals surface area contributed by atoms with Crippen LogP contribution in [0.3, 0.4) is 0 Å². The normalized spacial score (nSPS) is 39.6. The van der Waals surface area contributed by atoms with Gasteiger partial charge in [0.05, 0.1) is 11.8 Å². The molecule has 6 unspecified atom stereocenters. The van der Waals surface area contributed by atoms with E-state index in [-0.39, 0.29) is 23.7 Å². The van der Waals surface area contributed by atoms with Crippen LogP contribution in [-0.2, 0) is 9.59 Å². The molecule has 3 fully saturated rings. The van der Waals surface area contributed by atoms with Crippen molar-refractivity contribution < 1.29 is 9.59 Å².